The van der Waals surface area contributed by atoms with Gasteiger partial charge in [0.2, 0.25) is 0 Å². The summed E-state index contributed by atoms with van der Waals surface area (Å²) in [5.41, 5.74) is 8.10. The fourth-order valence-corrected chi connectivity index (χ4v) is 9.64. The van der Waals surface area contributed by atoms with Crippen molar-refractivity contribution in [2.24, 2.45) is 0 Å². The van der Waals surface area contributed by atoms with Crippen LogP contribution in [-0.2, 0) is 0 Å². The van der Waals surface area contributed by atoms with Gasteiger partial charge in [0.25, 0.3) is 0 Å². The first-order valence-corrected chi connectivity index (χ1v) is 11.7. The molecule has 142 valence electrons. The number of anilines is 2. The lowest BCUT2D eigenvalue weighted by atomic mass is 10.0. The monoisotopic (exact) mass is 393 g/mol. The van der Waals surface area contributed by atoms with E-state index in [9.17, 15) is 0 Å². The molecule has 1 nitrogen and oxygen atoms in total. The predicted molar refractivity (Wildman–Crippen MR) is 123 cm³/mol. The Morgan fingerprint density at radius 1 is 0.552 bits per heavy atom. The maximum absolute atomic E-state index is 2.40. The molecule has 2 heteroatoms. The highest BCUT2D eigenvalue weighted by Crippen LogP contribution is 2.83. The summed E-state index contributed by atoms with van der Waals surface area (Å²) in [5, 5.41) is 0. The molecule has 4 aromatic rings. The zero-order valence-electron chi connectivity index (χ0n) is 16.9. The molecule has 2 aliphatic rings. The number of nitrogens with zero attached hydrogens (tertiary/aromatic N) is 1. The van der Waals surface area contributed by atoms with Crippen LogP contribution in [0, 0.1) is 13.8 Å². The molecule has 0 saturated heterocycles. The van der Waals surface area contributed by atoms with Crippen LogP contribution in [0.1, 0.15) is 11.1 Å². The van der Waals surface area contributed by atoms with Crippen molar-refractivity contribution in [3.05, 3.63) is 96.1 Å². The van der Waals surface area contributed by atoms with E-state index in [1.54, 1.807) is 0 Å². The summed E-state index contributed by atoms with van der Waals surface area (Å²) in [7, 11) is 0.692. The molecule has 0 N–H and O–H groups in total. The molecular weight excluding hydrogens is 370 g/mol. The molecule has 1 spiro atoms. The molecule has 29 heavy (non-hydrogen) atoms. The topological polar surface area (TPSA) is 3.24 Å². The van der Waals surface area contributed by atoms with Crippen LogP contribution >= 0.6 is 10.0 Å². The highest BCUT2D eigenvalue weighted by Gasteiger charge is 2.47. The summed E-state index contributed by atoms with van der Waals surface area (Å²) in [5.74, 6) is 0. The third-order valence-electron chi connectivity index (χ3n) is 6.33. The van der Waals surface area contributed by atoms with E-state index in [1.165, 1.54) is 53.2 Å². The Morgan fingerprint density at radius 2 is 1.00 bits per heavy atom. The Morgan fingerprint density at radius 3 is 1.48 bits per heavy atom. The maximum atomic E-state index is 2.40. The minimum absolute atomic E-state index is 1.32. The second-order valence-electron chi connectivity index (χ2n) is 8.11. The number of para-hydroxylation sites is 2. The van der Waals surface area contributed by atoms with E-state index in [-0.39, 0.29) is 0 Å². The van der Waals surface area contributed by atoms with Crippen molar-refractivity contribution in [1.29, 1.82) is 0 Å². The van der Waals surface area contributed by atoms with Gasteiger partial charge in [-0.05, 0) is 61.4 Å². The van der Waals surface area contributed by atoms with Crippen molar-refractivity contribution < 1.29 is 0 Å². The standard InChI is InChI=1S/C27H23NS/c1-18-12-14-24-20(16-18)21-17-19(2)13-15-25(21)29(24)26-10-6-4-8-22(26)28(3)23-9-5-7-11-27(23)29/h4-17H,1-3H3. The van der Waals surface area contributed by atoms with Gasteiger partial charge in [0.15, 0.2) is 0 Å². The minimum atomic E-state index is -1.51. The summed E-state index contributed by atoms with van der Waals surface area (Å²) in [4.78, 5) is 8.24. The van der Waals surface area contributed by atoms with Crippen molar-refractivity contribution >= 4 is 21.4 Å². The molecule has 0 bridgehead atoms. The van der Waals surface area contributed by atoms with Crippen molar-refractivity contribution in [1.82, 2.24) is 0 Å². The second kappa shape index (κ2) is 5.77. The van der Waals surface area contributed by atoms with E-state index in [2.05, 4.69) is 111 Å². The SMILES string of the molecule is Cc1ccc2c(c1)-c1cc(C)ccc1S21c2ccccc2N(C)c2ccccc21. The van der Waals surface area contributed by atoms with Gasteiger partial charge in [-0.2, -0.15) is 0 Å². The van der Waals surface area contributed by atoms with Crippen LogP contribution in [0.3, 0.4) is 0 Å². The van der Waals surface area contributed by atoms with E-state index in [0.717, 1.165) is 0 Å². The zero-order valence-corrected chi connectivity index (χ0v) is 17.8. The molecule has 2 heterocycles. The molecule has 4 aromatic carbocycles. The van der Waals surface area contributed by atoms with Gasteiger partial charge in [-0.3, -0.25) is 0 Å². The molecule has 0 atom stereocenters. The average molecular weight is 394 g/mol. The molecule has 6 rings (SSSR count). The predicted octanol–water partition coefficient (Wildman–Crippen LogP) is 7.71. The lowest BCUT2D eigenvalue weighted by Gasteiger charge is -2.47. The molecule has 0 aromatic heterocycles. The highest BCUT2D eigenvalue weighted by molar-refractivity contribution is 8.34. The van der Waals surface area contributed by atoms with Gasteiger partial charge in [0.05, 0.1) is 11.4 Å². The van der Waals surface area contributed by atoms with Gasteiger partial charge >= 0.3 is 0 Å². The number of fused-ring (bicyclic) bond motifs is 9. The lowest BCUT2D eigenvalue weighted by molar-refractivity contribution is 1.09. The maximum Gasteiger partial charge on any atom is 0.0541 e. The quantitative estimate of drug-likeness (QED) is 0.260. The van der Waals surface area contributed by atoms with Gasteiger partial charge in [-0.15, -0.1) is 10.0 Å². The summed E-state index contributed by atoms with van der Waals surface area (Å²) in [6.45, 7) is 4.40. The largest absolute Gasteiger partial charge is 0.343 e. The number of hydrogen-bond acceptors (Lipinski definition) is 1. The van der Waals surface area contributed by atoms with Gasteiger partial charge in [-0.1, -0.05) is 59.7 Å². The van der Waals surface area contributed by atoms with Gasteiger partial charge in [0, 0.05) is 26.6 Å². The second-order valence-corrected chi connectivity index (χ2v) is 11.1. The van der Waals surface area contributed by atoms with Crippen molar-refractivity contribution in [2.75, 3.05) is 11.9 Å². The van der Waals surface area contributed by atoms with Crippen molar-refractivity contribution in [2.45, 2.75) is 33.4 Å². The van der Waals surface area contributed by atoms with Crippen LogP contribution in [0.4, 0.5) is 11.4 Å². The minimum Gasteiger partial charge on any atom is -0.343 e. The summed E-state index contributed by atoms with van der Waals surface area (Å²) in [6.07, 6.45) is 0. The Kier molecular flexibility index (Phi) is 3.37. The normalized spacial score (nSPS) is 16.0. The summed E-state index contributed by atoms with van der Waals surface area (Å²) in [6, 6.07) is 32.2. The van der Waals surface area contributed by atoms with Crippen molar-refractivity contribution in [3.8, 4) is 11.1 Å². The van der Waals surface area contributed by atoms with E-state index in [4.69, 9.17) is 0 Å². The third kappa shape index (κ3) is 2.02. The average Bonchev–Trinajstić information content (AvgIpc) is 3.02. The molecule has 0 radical (unpaired) electrons. The van der Waals surface area contributed by atoms with Gasteiger partial charge in [0.1, 0.15) is 0 Å². The van der Waals surface area contributed by atoms with Crippen LogP contribution in [-0.4, -0.2) is 7.05 Å². The molecule has 0 aliphatic carbocycles. The van der Waals surface area contributed by atoms with Crippen LogP contribution < -0.4 is 4.90 Å². The molecule has 0 fully saturated rings. The number of hydrogen-bond donors (Lipinski definition) is 0. The Bertz CT molecular complexity index is 1200. The zero-order chi connectivity index (χ0) is 19.8. The fraction of sp³-hybridized carbons (Fsp3) is 0.111. The molecule has 0 saturated carbocycles. The Balaban J connectivity index is 1.86. The first kappa shape index (κ1) is 16.9. The highest BCUT2D eigenvalue weighted by atomic mass is 32.3. The molecule has 0 unspecified atom stereocenters. The van der Waals surface area contributed by atoms with Crippen LogP contribution in [0.25, 0.3) is 11.1 Å². The van der Waals surface area contributed by atoms with Gasteiger partial charge < -0.3 is 4.90 Å². The lowest BCUT2D eigenvalue weighted by Crippen LogP contribution is -2.20. The summed E-state index contributed by atoms with van der Waals surface area (Å²) >= 11 is 0. The number of benzene rings is 4. The number of rotatable bonds is 0. The van der Waals surface area contributed by atoms with Crippen LogP contribution in [0.5, 0.6) is 0 Å². The Hall–Kier alpha value is -2.97. The summed E-state index contributed by atoms with van der Waals surface area (Å²) < 4.78 is 0. The van der Waals surface area contributed by atoms with E-state index < -0.39 is 10.0 Å². The molecule has 2 aliphatic heterocycles. The van der Waals surface area contributed by atoms with Crippen LogP contribution in [0.2, 0.25) is 0 Å². The number of aryl methyl sites for hydroxylation is 2. The van der Waals surface area contributed by atoms with E-state index >= 15 is 0 Å². The fourth-order valence-electron chi connectivity index (χ4n) is 5.07. The van der Waals surface area contributed by atoms with Crippen LogP contribution in [0.15, 0.2) is 105 Å². The van der Waals surface area contributed by atoms with Crippen molar-refractivity contribution in [3.63, 3.8) is 0 Å². The van der Waals surface area contributed by atoms with E-state index in [1.807, 2.05) is 0 Å². The smallest absolute Gasteiger partial charge is 0.0541 e. The Labute approximate surface area is 174 Å². The molecule has 0 amide bonds. The first-order chi connectivity index (χ1) is 14.1. The third-order valence-corrected chi connectivity index (χ3v) is 10.4. The van der Waals surface area contributed by atoms with Gasteiger partial charge in [-0.25, -0.2) is 0 Å². The molecular formula is C27H23NS. The first-order valence-electron chi connectivity index (χ1n) is 10.1. The van der Waals surface area contributed by atoms with E-state index in [0.29, 0.717) is 0 Å².